The van der Waals surface area contributed by atoms with Gasteiger partial charge in [-0.15, -0.1) is 0 Å². The normalized spacial score (nSPS) is 10.0. The molecule has 0 saturated carbocycles. The van der Waals surface area contributed by atoms with Crippen LogP contribution in [0.25, 0.3) is 0 Å². The number of halogens is 1. The number of hydrogen-bond donors (Lipinski definition) is 2. The zero-order valence-corrected chi connectivity index (χ0v) is 13.4. The third-order valence-corrected chi connectivity index (χ3v) is 3.18. The van der Waals surface area contributed by atoms with Crippen LogP contribution in [0.3, 0.4) is 0 Å². The number of benzene rings is 2. The number of hydrogen-bond acceptors (Lipinski definition) is 3. The summed E-state index contributed by atoms with van der Waals surface area (Å²) in [5.41, 5.74) is 0.565. The quantitative estimate of drug-likeness (QED) is 0.849. The van der Waals surface area contributed by atoms with Gasteiger partial charge in [0.2, 0.25) is 11.8 Å². The minimum absolute atomic E-state index is 0.163. The summed E-state index contributed by atoms with van der Waals surface area (Å²) in [4.78, 5) is 22.7. The number of para-hydroxylation sites is 2. The first kappa shape index (κ1) is 16.8. The van der Waals surface area contributed by atoms with Crippen LogP contribution in [0, 0.1) is 0 Å². The van der Waals surface area contributed by atoms with E-state index in [0.717, 1.165) is 0 Å². The lowest BCUT2D eigenvalue weighted by atomic mass is 10.2. The van der Waals surface area contributed by atoms with Crippen LogP contribution in [0.2, 0.25) is 5.02 Å². The molecular formula is C17H17ClN2O3. The molecule has 2 aromatic carbocycles. The zero-order chi connectivity index (χ0) is 16.7. The lowest BCUT2D eigenvalue weighted by Crippen LogP contribution is -2.25. The maximum atomic E-state index is 11.9. The van der Waals surface area contributed by atoms with Crippen molar-refractivity contribution in [2.75, 3.05) is 11.9 Å². The zero-order valence-electron chi connectivity index (χ0n) is 12.6. The smallest absolute Gasteiger partial charge is 0.226 e. The fourth-order valence-electron chi connectivity index (χ4n) is 1.85. The average Bonchev–Trinajstić information content (AvgIpc) is 2.51. The highest BCUT2D eigenvalue weighted by Gasteiger charge is 2.08. The first-order valence-corrected chi connectivity index (χ1v) is 7.49. The molecule has 0 saturated heterocycles. The molecule has 0 aliphatic carbocycles. The van der Waals surface area contributed by atoms with Crippen molar-refractivity contribution in [1.82, 2.24) is 5.32 Å². The standard InChI is InChI=1S/C17H17ClN2O3/c1-12(21)19-11-10-17(22)20-15-4-2-3-5-16(15)23-14-8-6-13(18)7-9-14/h2-9H,10-11H2,1H3,(H,19,21)(H,20,22). The van der Waals surface area contributed by atoms with Gasteiger partial charge in [0.15, 0.2) is 5.75 Å². The molecule has 0 aromatic heterocycles. The van der Waals surface area contributed by atoms with Crippen LogP contribution in [0.5, 0.6) is 11.5 Å². The number of nitrogens with one attached hydrogen (secondary N) is 2. The van der Waals surface area contributed by atoms with E-state index in [0.29, 0.717) is 28.8 Å². The number of amides is 2. The number of rotatable bonds is 6. The van der Waals surface area contributed by atoms with E-state index in [9.17, 15) is 9.59 Å². The molecule has 5 nitrogen and oxygen atoms in total. The molecule has 2 rings (SSSR count). The molecular weight excluding hydrogens is 316 g/mol. The van der Waals surface area contributed by atoms with Gasteiger partial charge in [-0.3, -0.25) is 9.59 Å². The average molecular weight is 333 g/mol. The highest BCUT2D eigenvalue weighted by molar-refractivity contribution is 6.30. The van der Waals surface area contributed by atoms with Gasteiger partial charge in [0.25, 0.3) is 0 Å². The van der Waals surface area contributed by atoms with E-state index in [2.05, 4.69) is 10.6 Å². The summed E-state index contributed by atoms with van der Waals surface area (Å²) in [5.74, 6) is 0.784. The van der Waals surface area contributed by atoms with Crippen molar-refractivity contribution in [2.24, 2.45) is 0 Å². The Kier molecular flexibility index (Phi) is 6.00. The van der Waals surface area contributed by atoms with E-state index >= 15 is 0 Å². The molecule has 23 heavy (non-hydrogen) atoms. The van der Waals surface area contributed by atoms with E-state index in [1.165, 1.54) is 6.92 Å². The Morgan fingerprint density at radius 3 is 2.48 bits per heavy atom. The van der Waals surface area contributed by atoms with Crippen LogP contribution in [0.1, 0.15) is 13.3 Å². The lowest BCUT2D eigenvalue weighted by molar-refractivity contribution is -0.119. The third kappa shape index (κ3) is 5.64. The molecule has 0 fully saturated rings. The van der Waals surface area contributed by atoms with Crippen molar-refractivity contribution >= 4 is 29.1 Å². The van der Waals surface area contributed by atoms with E-state index in [4.69, 9.17) is 16.3 Å². The van der Waals surface area contributed by atoms with E-state index < -0.39 is 0 Å². The Balaban J connectivity index is 2.01. The molecule has 120 valence electrons. The molecule has 2 aromatic rings. The summed E-state index contributed by atoms with van der Waals surface area (Å²) in [5, 5.41) is 5.98. The van der Waals surface area contributed by atoms with Crippen molar-refractivity contribution in [3.05, 3.63) is 53.6 Å². The van der Waals surface area contributed by atoms with E-state index in [1.807, 2.05) is 6.07 Å². The van der Waals surface area contributed by atoms with Crippen molar-refractivity contribution in [3.8, 4) is 11.5 Å². The summed E-state index contributed by atoms with van der Waals surface area (Å²) >= 11 is 5.84. The highest BCUT2D eigenvalue weighted by Crippen LogP contribution is 2.29. The van der Waals surface area contributed by atoms with Gasteiger partial charge in [0.1, 0.15) is 5.75 Å². The van der Waals surface area contributed by atoms with Crippen LogP contribution in [0.15, 0.2) is 48.5 Å². The van der Waals surface area contributed by atoms with Crippen LogP contribution >= 0.6 is 11.6 Å². The molecule has 0 radical (unpaired) electrons. The number of anilines is 1. The molecule has 2 amide bonds. The van der Waals surface area contributed by atoms with Crippen molar-refractivity contribution < 1.29 is 14.3 Å². The van der Waals surface area contributed by atoms with Gasteiger partial charge in [-0.2, -0.15) is 0 Å². The van der Waals surface area contributed by atoms with Gasteiger partial charge in [-0.25, -0.2) is 0 Å². The van der Waals surface area contributed by atoms with Crippen molar-refractivity contribution in [2.45, 2.75) is 13.3 Å². The van der Waals surface area contributed by atoms with Gasteiger partial charge >= 0.3 is 0 Å². The fourth-order valence-corrected chi connectivity index (χ4v) is 1.98. The van der Waals surface area contributed by atoms with Gasteiger partial charge in [0.05, 0.1) is 5.69 Å². The van der Waals surface area contributed by atoms with Crippen LogP contribution < -0.4 is 15.4 Å². The summed E-state index contributed by atoms with van der Waals surface area (Å²) in [7, 11) is 0. The second-order valence-corrected chi connectivity index (χ2v) is 5.27. The predicted molar refractivity (Wildman–Crippen MR) is 89.9 cm³/mol. The third-order valence-electron chi connectivity index (χ3n) is 2.93. The Bertz CT molecular complexity index is 686. The maximum absolute atomic E-state index is 11.9. The molecule has 2 N–H and O–H groups in total. The maximum Gasteiger partial charge on any atom is 0.226 e. The first-order valence-electron chi connectivity index (χ1n) is 7.11. The molecule has 0 bridgehead atoms. The first-order chi connectivity index (χ1) is 11.0. The minimum Gasteiger partial charge on any atom is -0.455 e. The van der Waals surface area contributed by atoms with Crippen LogP contribution in [-0.2, 0) is 9.59 Å². The Labute approximate surface area is 139 Å². The number of ether oxygens (including phenoxy) is 1. The van der Waals surface area contributed by atoms with Gasteiger partial charge in [-0.05, 0) is 36.4 Å². The van der Waals surface area contributed by atoms with Crippen molar-refractivity contribution in [1.29, 1.82) is 0 Å². The Morgan fingerprint density at radius 2 is 1.78 bits per heavy atom. The van der Waals surface area contributed by atoms with Gasteiger partial charge < -0.3 is 15.4 Å². The van der Waals surface area contributed by atoms with Crippen LogP contribution in [-0.4, -0.2) is 18.4 Å². The Hall–Kier alpha value is -2.53. The van der Waals surface area contributed by atoms with Crippen molar-refractivity contribution in [3.63, 3.8) is 0 Å². The molecule has 0 unspecified atom stereocenters. The summed E-state index contributed by atoms with van der Waals surface area (Å²) < 4.78 is 5.76. The molecule has 0 aliphatic rings. The van der Waals surface area contributed by atoms with Gasteiger partial charge in [0, 0.05) is 24.9 Å². The summed E-state index contributed by atoms with van der Waals surface area (Å²) in [6, 6.07) is 14.1. The van der Waals surface area contributed by atoms with E-state index in [1.54, 1.807) is 42.5 Å². The number of carbonyl (C=O) groups is 2. The Morgan fingerprint density at radius 1 is 1.09 bits per heavy atom. The molecule has 0 aliphatic heterocycles. The van der Waals surface area contributed by atoms with Crippen LogP contribution in [0.4, 0.5) is 5.69 Å². The largest absolute Gasteiger partial charge is 0.455 e. The summed E-state index contributed by atoms with van der Waals surface area (Å²) in [6.45, 7) is 1.70. The topological polar surface area (TPSA) is 67.4 Å². The minimum atomic E-state index is -0.203. The van der Waals surface area contributed by atoms with Gasteiger partial charge in [-0.1, -0.05) is 23.7 Å². The SMILES string of the molecule is CC(=O)NCCC(=O)Nc1ccccc1Oc1ccc(Cl)cc1. The lowest BCUT2D eigenvalue weighted by Gasteiger charge is -2.12. The van der Waals surface area contributed by atoms with E-state index in [-0.39, 0.29) is 18.2 Å². The number of carbonyl (C=O) groups excluding carboxylic acids is 2. The molecule has 0 atom stereocenters. The molecule has 0 heterocycles. The monoisotopic (exact) mass is 332 g/mol. The predicted octanol–water partition coefficient (Wildman–Crippen LogP) is 3.60. The summed E-state index contributed by atoms with van der Waals surface area (Å²) in [6.07, 6.45) is 0.189. The molecule has 6 heteroatoms. The second-order valence-electron chi connectivity index (χ2n) is 4.83. The highest BCUT2D eigenvalue weighted by atomic mass is 35.5. The second kappa shape index (κ2) is 8.19. The molecule has 0 spiro atoms. The fraction of sp³-hybridized carbons (Fsp3) is 0.176.